The SMILES string of the molecule is O=C(O)[C@H]1CC[C@@H](Nc2nc(Cl)ncc2[N+](=O)[O-])CC1. The Kier molecular flexibility index (Phi) is 4.33. The summed E-state index contributed by atoms with van der Waals surface area (Å²) >= 11 is 5.64. The van der Waals surface area contributed by atoms with Crippen molar-refractivity contribution in [3.8, 4) is 0 Å². The fourth-order valence-electron chi connectivity index (χ4n) is 2.27. The van der Waals surface area contributed by atoms with Gasteiger partial charge >= 0.3 is 11.7 Å². The van der Waals surface area contributed by atoms with Crippen molar-refractivity contribution in [2.24, 2.45) is 5.92 Å². The quantitative estimate of drug-likeness (QED) is 0.496. The first-order valence-corrected chi connectivity index (χ1v) is 6.51. The van der Waals surface area contributed by atoms with Gasteiger partial charge in [-0.3, -0.25) is 14.9 Å². The van der Waals surface area contributed by atoms with Crippen LogP contribution in [0.4, 0.5) is 11.5 Å². The molecule has 9 heteroatoms. The largest absolute Gasteiger partial charge is 0.481 e. The molecule has 0 aliphatic heterocycles. The molecule has 8 nitrogen and oxygen atoms in total. The number of aliphatic carboxylic acids is 1. The number of nitro groups is 1. The van der Waals surface area contributed by atoms with Gasteiger partial charge in [0.05, 0.1) is 10.8 Å². The molecule has 2 N–H and O–H groups in total. The van der Waals surface area contributed by atoms with E-state index in [-0.39, 0.29) is 28.7 Å². The van der Waals surface area contributed by atoms with Gasteiger partial charge in [-0.2, -0.15) is 4.98 Å². The minimum atomic E-state index is -0.792. The van der Waals surface area contributed by atoms with Gasteiger partial charge in [0.2, 0.25) is 11.1 Å². The smallest absolute Gasteiger partial charge is 0.329 e. The Morgan fingerprint density at radius 3 is 2.65 bits per heavy atom. The normalized spacial score (nSPS) is 22.2. The molecule has 1 saturated carbocycles. The van der Waals surface area contributed by atoms with Crippen LogP contribution in [0.1, 0.15) is 25.7 Å². The standard InChI is InChI=1S/C11H13ClN4O4/c12-11-13-5-8(16(19)20)9(15-11)14-7-3-1-6(2-4-7)10(17)18/h5-7H,1-4H2,(H,17,18)(H,13,14,15)/t6-,7+. The number of rotatable bonds is 4. The summed E-state index contributed by atoms with van der Waals surface area (Å²) in [6, 6.07) is -0.0460. The van der Waals surface area contributed by atoms with Gasteiger partial charge < -0.3 is 10.4 Å². The van der Waals surface area contributed by atoms with E-state index in [4.69, 9.17) is 16.7 Å². The van der Waals surface area contributed by atoms with E-state index < -0.39 is 10.9 Å². The number of aromatic nitrogens is 2. The Labute approximate surface area is 119 Å². The lowest BCUT2D eigenvalue weighted by molar-refractivity contribution is -0.384. The van der Waals surface area contributed by atoms with Crippen LogP contribution >= 0.6 is 11.6 Å². The van der Waals surface area contributed by atoms with Crippen molar-refractivity contribution >= 4 is 29.1 Å². The molecule has 0 amide bonds. The average Bonchev–Trinajstić information content (AvgIpc) is 2.39. The predicted octanol–water partition coefficient (Wildman–Crippen LogP) is 2.09. The van der Waals surface area contributed by atoms with E-state index in [1.54, 1.807) is 0 Å². The molecule has 1 fully saturated rings. The van der Waals surface area contributed by atoms with E-state index in [1.807, 2.05) is 0 Å². The molecule has 0 spiro atoms. The van der Waals surface area contributed by atoms with E-state index in [2.05, 4.69) is 15.3 Å². The van der Waals surface area contributed by atoms with Crippen LogP contribution in [0, 0.1) is 16.0 Å². The Balaban J connectivity index is 2.06. The maximum atomic E-state index is 10.9. The molecule has 0 bridgehead atoms. The van der Waals surface area contributed by atoms with Crippen LogP contribution in [-0.4, -0.2) is 32.0 Å². The van der Waals surface area contributed by atoms with Crippen LogP contribution in [0.3, 0.4) is 0 Å². The molecule has 2 rings (SSSR count). The number of hydrogen-bond acceptors (Lipinski definition) is 6. The molecule has 1 aliphatic carbocycles. The Bertz CT molecular complexity index is 531. The molecule has 0 atom stereocenters. The third-order valence-electron chi connectivity index (χ3n) is 3.35. The number of hydrogen-bond donors (Lipinski definition) is 2. The highest BCUT2D eigenvalue weighted by Gasteiger charge is 2.27. The zero-order chi connectivity index (χ0) is 14.7. The number of carboxylic acids is 1. The van der Waals surface area contributed by atoms with E-state index in [0.29, 0.717) is 25.7 Å². The lowest BCUT2D eigenvalue weighted by atomic mass is 9.86. The van der Waals surface area contributed by atoms with Gasteiger partial charge in [-0.25, -0.2) is 4.98 Å². The molecule has 0 saturated heterocycles. The summed E-state index contributed by atoms with van der Waals surface area (Å²) in [7, 11) is 0. The van der Waals surface area contributed by atoms with Crippen LogP contribution in [0.25, 0.3) is 0 Å². The average molecular weight is 301 g/mol. The van der Waals surface area contributed by atoms with Crippen molar-refractivity contribution in [2.45, 2.75) is 31.7 Å². The number of nitrogens with zero attached hydrogens (tertiary/aromatic N) is 3. The second-order valence-electron chi connectivity index (χ2n) is 4.66. The molecule has 0 unspecified atom stereocenters. The van der Waals surface area contributed by atoms with E-state index in [1.165, 1.54) is 0 Å². The summed E-state index contributed by atoms with van der Waals surface area (Å²) in [5, 5.41) is 22.7. The monoisotopic (exact) mass is 300 g/mol. The van der Waals surface area contributed by atoms with E-state index in [0.717, 1.165) is 6.20 Å². The zero-order valence-electron chi connectivity index (χ0n) is 10.5. The third kappa shape index (κ3) is 3.32. The maximum Gasteiger partial charge on any atom is 0.329 e. The Morgan fingerprint density at radius 2 is 2.10 bits per heavy atom. The summed E-state index contributed by atoms with van der Waals surface area (Å²) in [6.45, 7) is 0. The van der Waals surface area contributed by atoms with Gasteiger partial charge in [0, 0.05) is 6.04 Å². The van der Waals surface area contributed by atoms with E-state index >= 15 is 0 Å². The van der Waals surface area contributed by atoms with Crippen molar-refractivity contribution < 1.29 is 14.8 Å². The van der Waals surface area contributed by atoms with Gasteiger partial charge in [0.15, 0.2) is 0 Å². The van der Waals surface area contributed by atoms with Crippen LogP contribution in [0.5, 0.6) is 0 Å². The molecule has 108 valence electrons. The van der Waals surface area contributed by atoms with Crippen molar-refractivity contribution in [3.05, 3.63) is 21.6 Å². The lowest BCUT2D eigenvalue weighted by Gasteiger charge is -2.26. The van der Waals surface area contributed by atoms with Crippen LogP contribution in [0.2, 0.25) is 5.28 Å². The number of carboxylic acid groups (broad SMARTS) is 1. The lowest BCUT2D eigenvalue weighted by Crippen LogP contribution is -2.29. The predicted molar refractivity (Wildman–Crippen MR) is 70.7 cm³/mol. The molecular formula is C11H13ClN4O4. The summed E-state index contributed by atoms with van der Waals surface area (Å²) in [5.41, 5.74) is -0.241. The summed E-state index contributed by atoms with van der Waals surface area (Å²) in [5.74, 6) is -1.05. The van der Waals surface area contributed by atoms with Crippen LogP contribution < -0.4 is 5.32 Å². The highest BCUT2D eigenvalue weighted by molar-refractivity contribution is 6.28. The molecule has 0 aromatic carbocycles. The van der Waals surface area contributed by atoms with Crippen molar-refractivity contribution in [3.63, 3.8) is 0 Å². The van der Waals surface area contributed by atoms with Crippen molar-refractivity contribution in [1.29, 1.82) is 0 Å². The Morgan fingerprint density at radius 1 is 1.45 bits per heavy atom. The van der Waals surface area contributed by atoms with Crippen molar-refractivity contribution in [1.82, 2.24) is 9.97 Å². The molecule has 0 radical (unpaired) electrons. The second-order valence-corrected chi connectivity index (χ2v) is 5.00. The summed E-state index contributed by atoms with van der Waals surface area (Å²) in [6.07, 6.45) is 3.38. The number of carbonyl (C=O) groups is 1. The van der Waals surface area contributed by atoms with Crippen molar-refractivity contribution in [2.75, 3.05) is 5.32 Å². The third-order valence-corrected chi connectivity index (χ3v) is 3.54. The fourth-order valence-corrected chi connectivity index (χ4v) is 2.41. The molecule has 20 heavy (non-hydrogen) atoms. The number of anilines is 1. The minimum absolute atomic E-state index is 0.0460. The topological polar surface area (TPSA) is 118 Å². The van der Waals surface area contributed by atoms with Crippen LogP contribution in [0.15, 0.2) is 6.20 Å². The Hall–Kier alpha value is -1.96. The molecule has 1 aromatic rings. The fraction of sp³-hybridized carbons (Fsp3) is 0.545. The first-order chi connectivity index (χ1) is 9.47. The van der Waals surface area contributed by atoms with Gasteiger partial charge in [-0.1, -0.05) is 0 Å². The van der Waals surface area contributed by atoms with Gasteiger partial charge in [0.1, 0.15) is 6.20 Å². The highest BCUT2D eigenvalue weighted by atomic mass is 35.5. The summed E-state index contributed by atoms with van der Waals surface area (Å²) in [4.78, 5) is 28.6. The van der Waals surface area contributed by atoms with Gasteiger partial charge in [0.25, 0.3) is 0 Å². The number of nitrogens with one attached hydrogen (secondary N) is 1. The highest BCUT2D eigenvalue weighted by Crippen LogP contribution is 2.29. The molecule has 1 aromatic heterocycles. The number of halogens is 1. The minimum Gasteiger partial charge on any atom is -0.481 e. The van der Waals surface area contributed by atoms with Crippen LogP contribution in [-0.2, 0) is 4.79 Å². The zero-order valence-corrected chi connectivity index (χ0v) is 11.2. The molecule has 1 heterocycles. The first-order valence-electron chi connectivity index (χ1n) is 6.13. The maximum absolute atomic E-state index is 10.9. The molecular weight excluding hydrogens is 288 g/mol. The molecule has 1 aliphatic rings. The van der Waals surface area contributed by atoms with Gasteiger partial charge in [-0.05, 0) is 37.3 Å². The second kappa shape index (κ2) is 6.00. The first kappa shape index (κ1) is 14.4. The summed E-state index contributed by atoms with van der Waals surface area (Å²) < 4.78 is 0. The van der Waals surface area contributed by atoms with E-state index in [9.17, 15) is 14.9 Å². The van der Waals surface area contributed by atoms with Gasteiger partial charge in [-0.15, -0.1) is 0 Å².